The number of hydrogen-bond acceptors (Lipinski definition) is 12. The van der Waals surface area contributed by atoms with E-state index in [1.165, 1.54) is 12.1 Å². The van der Waals surface area contributed by atoms with Gasteiger partial charge in [0.05, 0.1) is 49.5 Å². The molecule has 8 rings (SSSR count). The van der Waals surface area contributed by atoms with Crippen molar-refractivity contribution in [3.63, 3.8) is 0 Å². The van der Waals surface area contributed by atoms with Crippen LogP contribution < -0.4 is 30.4 Å². The normalized spacial score (nSPS) is 21.4. The van der Waals surface area contributed by atoms with Crippen molar-refractivity contribution in [3.8, 4) is 28.4 Å². The van der Waals surface area contributed by atoms with Crippen LogP contribution in [-0.2, 0) is 32.7 Å². The Bertz CT molecular complexity index is 2390. The highest BCUT2D eigenvalue weighted by atomic mass is 16.5. The van der Waals surface area contributed by atoms with Gasteiger partial charge in [-0.3, -0.25) is 48.9 Å². The molecule has 4 aliphatic rings. The summed E-state index contributed by atoms with van der Waals surface area (Å²) in [6.45, 7) is 2.88. The standard InChI is InChI=1S/C42H44N6O10/c1-46-21-30(26-8-11-43-20-29(26)39(46)52)24-16-33(55-2)31(34(17-24)56-3)22-47-12-10-42(23-47)19-35(42)44-37(50)9-13-57-14-15-58-25-4-5-27-28(18-25)41(54)48(40(27)53)32-6-7-36(49)45-38(32)51/h4-5,8,11,16-18,20-21,32,35H,6-7,9-10,12-15,19,22-23H2,1-3H3,(H,44,50)(H,45,49,51)/t32?,35-,42?/m1/s1. The molecular weight excluding hydrogens is 748 g/mol. The molecule has 3 atom stereocenters. The van der Waals surface area contributed by atoms with Gasteiger partial charge in [-0.2, -0.15) is 0 Å². The second-order valence-corrected chi connectivity index (χ2v) is 15.3. The van der Waals surface area contributed by atoms with Crippen LogP contribution in [0.3, 0.4) is 0 Å². The minimum Gasteiger partial charge on any atom is -0.496 e. The van der Waals surface area contributed by atoms with E-state index in [0.29, 0.717) is 29.2 Å². The fourth-order valence-corrected chi connectivity index (χ4v) is 8.47. The summed E-state index contributed by atoms with van der Waals surface area (Å²) < 4.78 is 24.7. The summed E-state index contributed by atoms with van der Waals surface area (Å²) in [5, 5.41) is 6.70. The van der Waals surface area contributed by atoms with Crippen LogP contribution in [0.5, 0.6) is 17.2 Å². The van der Waals surface area contributed by atoms with Gasteiger partial charge in [0.15, 0.2) is 0 Å². The van der Waals surface area contributed by atoms with E-state index in [-0.39, 0.29) is 73.1 Å². The summed E-state index contributed by atoms with van der Waals surface area (Å²) in [5.74, 6) is -0.631. The van der Waals surface area contributed by atoms with Crippen molar-refractivity contribution in [3.05, 3.63) is 82.0 Å². The topological polar surface area (TPSA) is 188 Å². The molecule has 0 bridgehead atoms. The van der Waals surface area contributed by atoms with Gasteiger partial charge >= 0.3 is 0 Å². The number of hydrogen-bond donors (Lipinski definition) is 2. The second-order valence-electron chi connectivity index (χ2n) is 15.3. The molecule has 302 valence electrons. The van der Waals surface area contributed by atoms with E-state index in [4.69, 9.17) is 18.9 Å². The predicted octanol–water partition coefficient (Wildman–Crippen LogP) is 2.59. The third kappa shape index (κ3) is 7.28. The molecule has 1 aliphatic carbocycles. The first-order valence-electron chi connectivity index (χ1n) is 19.3. The summed E-state index contributed by atoms with van der Waals surface area (Å²) in [5.41, 5.74) is 2.87. The van der Waals surface area contributed by atoms with Crippen LogP contribution in [0.2, 0.25) is 0 Å². The van der Waals surface area contributed by atoms with E-state index in [2.05, 4.69) is 20.5 Å². The number of nitrogens with one attached hydrogen (secondary N) is 2. The fourth-order valence-electron chi connectivity index (χ4n) is 8.47. The lowest BCUT2D eigenvalue weighted by Gasteiger charge is -2.27. The highest BCUT2D eigenvalue weighted by Crippen LogP contribution is 2.53. The minimum atomic E-state index is -1.04. The smallest absolute Gasteiger partial charge is 0.262 e. The molecule has 2 aromatic heterocycles. The Hall–Kier alpha value is -6.13. The summed E-state index contributed by atoms with van der Waals surface area (Å²) in [7, 11) is 5.01. The number of pyridine rings is 2. The molecule has 5 heterocycles. The second kappa shape index (κ2) is 15.7. The third-order valence-electron chi connectivity index (χ3n) is 11.7. The zero-order valence-corrected chi connectivity index (χ0v) is 32.5. The van der Waals surface area contributed by atoms with Gasteiger partial charge in [-0.15, -0.1) is 0 Å². The van der Waals surface area contributed by atoms with E-state index in [0.717, 1.165) is 52.9 Å². The van der Waals surface area contributed by atoms with Crippen LogP contribution >= 0.6 is 0 Å². The summed E-state index contributed by atoms with van der Waals surface area (Å²) in [6, 6.07) is 9.38. The van der Waals surface area contributed by atoms with Gasteiger partial charge in [-0.05, 0) is 73.2 Å². The highest BCUT2D eigenvalue weighted by molar-refractivity contribution is 6.23. The first-order chi connectivity index (χ1) is 28.0. The van der Waals surface area contributed by atoms with E-state index in [9.17, 15) is 28.8 Å². The lowest BCUT2D eigenvalue weighted by Crippen LogP contribution is -2.54. The summed E-state index contributed by atoms with van der Waals surface area (Å²) in [4.78, 5) is 82.9. The Kier molecular flexibility index (Phi) is 10.5. The van der Waals surface area contributed by atoms with Crippen molar-refractivity contribution >= 4 is 40.3 Å². The van der Waals surface area contributed by atoms with Crippen molar-refractivity contribution in [2.45, 2.75) is 50.7 Å². The average molecular weight is 793 g/mol. The zero-order valence-electron chi connectivity index (χ0n) is 32.5. The number of piperidine rings is 1. The lowest BCUT2D eigenvalue weighted by atomic mass is 9.99. The summed E-state index contributed by atoms with van der Waals surface area (Å²) in [6.07, 6.45) is 7.28. The number of methoxy groups -OCH3 is 2. The maximum atomic E-state index is 13.1. The summed E-state index contributed by atoms with van der Waals surface area (Å²) >= 11 is 0. The Balaban J connectivity index is 0.790. The molecule has 1 saturated carbocycles. The Morgan fingerprint density at radius 3 is 2.48 bits per heavy atom. The van der Waals surface area contributed by atoms with Gasteiger partial charge in [0.2, 0.25) is 17.7 Å². The molecule has 2 N–H and O–H groups in total. The molecule has 2 aromatic carbocycles. The quantitative estimate of drug-likeness (QED) is 0.141. The SMILES string of the molecule is COc1cc(-c2cn(C)c(=O)c3cnccc23)cc(OC)c1CN1CCC2(C[C@H]2NC(=O)CCOCCOc2ccc3c(c2)C(=O)N(C2CCC(=O)NC2=O)C3=O)C1. The first kappa shape index (κ1) is 38.7. The van der Waals surface area contributed by atoms with Crippen molar-refractivity contribution in [2.75, 3.05) is 47.1 Å². The number of imide groups is 2. The molecule has 2 unspecified atom stereocenters. The maximum absolute atomic E-state index is 13.1. The number of carbonyl (C=O) groups excluding carboxylic acids is 5. The Morgan fingerprint density at radius 2 is 1.72 bits per heavy atom. The van der Waals surface area contributed by atoms with Crippen LogP contribution in [0.25, 0.3) is 21.9 Å². The minimum absolute atomic E-state index is 0.0211. The van der Waals surface area contributed by atoms with Crippen molar-refractivity contribution in [1.82, 2.24) is 30.0 Å². The van der Waals surface area contributed by atoms with Gasteiger partial charge < -0.3 is 28.8 Å². The van der Waals surface area contributed by atoms with E-state index >= 15 is 0 Å². The van der Waals surface area contributed by atoms with E-state index in [1.807, 2.05) is 24.4 Å². The third-order valence-corrected chi connectivity index (χ3v) is 11.7. The molecule has 2 saturated heterocycles. The molecule has 1 spiro atoms. The molecule has 16 heteroatoms. The van der Waals surface area contributed by atoms with Gasteiger partial charge in [0, 0.05) is 68.6 Å². The molecule has 58 heavy (non-hydrogen) atoms. The van der Waals surface area contributed by atoms with Crippen molar-refractivity contribution in [2.24, 2.45) is 12.5 Å². The number of amides is 5. The average Bonchev–Trinajstić information content (AvgIpc) is 3.60. The molecule has 0 radical (unpaired) electrons. The van der Waals surface area contributed by atoms with Crippen LogP contribution in [-0.4, -0.2) is 108 Å². The van der Waals surface area contributed by atoms with E-state index < -0.39 is 29.7 Å². The largest absolute Gasteiger partial charge is 0.496 e. The number of rotatable bonds is 14. The van der Waals surface area contributed by atoms with Gasteiger partial charge in [0.1, 0.15) is 29.9 Å². The fraction of sp³-hybridized carbons (Fsp3) is 0.405. The molecule has 5 amide bonds. The Morgan fingerprint density at radius 1 is 0.948 bits per heavy atom. The van der Waals surface area contributed by atoms with Gasteiger partial charge in [-0.1, -0.05) is 0 Å². The van der Waals surface area contributed by atoms with Crippen LogP contribution in [0, 0.1) is 5.41 Å². The van der Waals surface area contributed by atoms with Crippen LogP contribution in [0.15, 0.2) is 59.8 Å². The maximum Gasteiger partial charge on any atom is 0.262 e. The number of carbonyl (C=O) groups is 5. The highest BCUT2D eigenvalue weighted by Gasteiger charge is 2.58. The number of nitrogens with zero attached hydrogens (tertiary/aromatic N) is 4. The molecule has 16 nitrogen and oxygen atoms in total. The first-order valence-corrected chi connectivity index (χ1v) is 19.3. The number of aromatic nitrogens is 2. The lowest BCUT2D eigenvalue weighted by molar-refractivity contribution is -0.136. The number of fused-ring (bicyclic) bond motifs is 2. The molecule has 3 fully saturated rings. The van der Waals surface area contributed by atoms with Crippen molar-refractivity contribution in [1.29, 1.82) is 0 Å². The van der Waals surface area contributed by atoms with Gasteiger partial charge in [-0.25, -0.2) is 0 Å². The number of benzene rings is 2. The number of aryl methyl sites for hydroxylation is 1. The molecule has 3 aliphatic heterocycles. The van der Waals surface area contributed by atoms with Crippen LogP contribution in [0.1, 0.15) is 58.4 Å². The Labute approximate surface area is 333 Å². The number of likely N-dealkylation sites (tertiary alicyclic amines) is 1. The monoisotopic (exact) mass is 792 g/mol. The molecule has 4 aromatic rings. The number of ether oxygens (including phenoxy) is 4. The van der Waals surface area contributed by atoms with Crippen LogP contribution in [0.4, 0.5) is 0 Å². The van der Waals surface area contributed by atoms with Gasteiger partial charge in [0.25, 0.3) is 17.4 Å². The predicted molar refractivity (Wildman–Crippen MR) is 208 cm³/mol. The molecular formula is C42H44N6O10. The van der Waals surface area contributed by atoms with E-state index in [1.54, 1.807) is 44.3 Å². The van der Waals surface area contributed by atoms with Crippen molar-refractivity contribution < 1.29 is 42.9 Å². The zero-order chi connectivity index (χ0) is 40.7.